The smallest absolute Gasteiger partial charge is 0.338 e. The van der Waals surface area contributed by atoms with Crippen LogP contribution in [0.5, 0.6) is 0 Å². The van der Waals surface area contributed by atoms with Crippen molar-refractivity contribution in [2.75, 3.05) is 5.32 Å². The van der Waals surface area contributed by atoms with Crippen LogP contribution in [0.15, 0.2) is 48.5 Å². The Hall–Kier alpha value is -3.46. The van der Waals surface area contributed by atoms with E-state index in [1.807, 2.05) is 26.8 Å². The molecular formula is C22H22N2O4. The summed E-state index contributed by atoms with van der Waals surface area (Å²) in [6.07, 6.45) is -0.992. The van der Waals surface area contributed by atoms with Gasteiger partial charge in [-0.1, -0.05) is 26.8 Å². The van der Waals surface area contributed by atoms with Crippen LogP contribution in [-0.4, -0.2) is 23.8 Å². The highest BCUT2D eigenvalue weighted by Crippen LogP contribution is 2.18. The maximum absolute atomic E-state index is 12.5. The molecule has 0 radical (unpaired) electrons. The minimum absolute atomic E-state index is 0.131. The molecule has 1 atom stereocenters. The van der Waals surface area contributed by atoms with Crippen molar-refractivity contribution in [3.05, 3.63) is 65.2 Å². The van der Waals surface area contributed by atoms with E-state index in [1.165, 1.54) is 19.1 Å². The van der Waals surface area contributed by atoms with Crippen molar-refractivity contribution in [1.82, 2.24) is 0 Å². The summed E-state index contributed by atoms with van der Waals surface area (Å²) in [6.45, 7) is 6.91. The quantitative estimate of drug-likeness (QED) is 0.627. The van der Waals surface area contributed by atoms with Crippen LogP contribution in [0, 0.1) is 16.7 Å². The molecule has 6 nitrogen and oxygen atoms in total. The molecule has 0 saturated carbocycles. The highest BCUT2D eigenvalue weighted by Gasteiger charge is 2.22. The van der Waals surface area contributed by atoms with Gasteiger partial charge in [-0.2, -0.15) is 5.26 Å². The molecule has 0 unspecified atom stereocenters. The van der Waals surface area contributed by atoms with Crippen LogP contribution in [0.2, 0.25) is 0 Å². The molecule has 0 fully saturated rings. The van der Waals surface area contributed by atoms with Gasteiger partial charge in [-0.05, 0) is 49.4 Å². The molecule has 0 saturated heterocycles. The van der Waals surface area contributed by atoms with E-state index >= 15 is 0 Å². The van der Waals surface area contributed by atoms with Crippen molar-refractivity contribution in [1.29, 1.82) is 5.26 Å². The number of amides is 1. The molecule has 0 aliphatic heterocycles. The fourth-order valence-electron chi connectivity index (χ4n) is 2.27. The van der Waals surface area contributed by atoms with Gasteiger partial charge in [0.05, 0.1) is 17.2 Å². The van der Waals surface area contributed by atoms with Gasteiger partial charge in [-0.3, -0.25) is 9.59 Å². The predicted octanol–water partition coefficient (Wildman–Crippen LogP) is 3.97. The van der Waals surface area contributed by atoms with E-state index in [1.54, 1.807) is 36.4 Å². The van der Waals surface area contributed by atoms with Crippen molar-refractivity contribution < 1.29 is 19.1 Å². The van der Waals surface area contributed by atoms with Crippen LogP contribution >= 0.6 is 0 Å². The molecule has 0 spiro atoms. The molecule has 1 N–H and O–H groups in total. The van der Waals surface area contributed by atoms with E-state index in [0.29, 0.717) is 16.8 Å². The van der Waals surface area contributed by atoms with E-state index in [-0.39, 0.29) is 17.3 Å². The Morgan fingerprint density at radius 1 is 1.04 bits per heavy atom. The highest BCUT2D eigenvalue weighted by atomic mass is 16.5. The van der Waals surface area contributed by atoms with Gasteiger partial charge in [0, 0.05) is 16.7 Å². The lowest BCUT2D eigenvalue weighted by molar-refractivity contribution is -0.123. The lowest BCUT2D eigenvalue weighted by Gasteiger charge is -2.18. The van der Waals surface area contributed by atoms with Crippen molar-refractivity contribution in [3.8, 4) is 6.07 Å². The topological polar surface area (TPSA) is 96.3 Å². The number of Topliss-reactive ketones (excluding diaryl/α,β-unsaturated/α-hetero) is 1. The van der Waals surface area contributed by atoms with Gasteiger partial charge in [0.2, 0.25) is 11.7 Å². The first-order valence-corrected chi connectivity index (χ1v) is 8.78. The first-order chi connectivity index (χ1) is 13.1. The standard InChI is InChI=1S/C22H22N2O4/c1-14(28-20(26)17-7-5-6-15(12-17)13-23)19(25)16-8-10-18(11-9-16)24-21(27)22(2,3)4/h5-12,14H,1-4H3,(H,24,27)/t14-/m0/s1. The highest BCUT2D eigenvalue weighted by molar-refractivity contribution is 6.02. The molecule has 144 valence electrons. The van der Waals surface area contributed by atoms with Crippen molar-refractivity contribution in [2.24, 2.45) is 5.41 Å². The zero-order valence-corrected chi connectivity index (χ0v) is 16.3. The molecule has 0 heterocycles. The molecule has 6 heteroatoms. The third-order valence-electron chi connectivity index (χ3n) is 3.99. The number of anilines is 1. The van der Waals surface area contributed by atoms with Crippen LogP contribution in [0.1, 0.15) is 54.0 Å². The lowest BCUT2D eigenvalue weighted by atomic mass is 9.95. The normalized spacial score (nSPS) is 11.8. The number of nitriles is 1. The molecule has 2 aromatic rings. The van der Waals surface area contributed by atoms with Crippen LogP contribution in [-0.2, 0) is 9.53 Å². The number of hydrogen-bond acceptors (Lipinski definition) is 5. The van der Waals surface area contributed by atoms with Crippen LogP contribution < -0.4 is 5.32 Å². The van der Waals surface area contributed by atoms with Gasteiger partial charge in [0.15, 0.2) is 6.10 Å². The summed E-state index contributed by atoms with van der Waals surface area (Å²) in [5.41, 5.74) is 0.953. The molecule has 0 aliphatic rings. The first kappa shape index (κ1) is 20.8. The summed E-state index contributed by atoms with van der Waals surface area (Å²) in [7, 11) is 0. The lowest BCUT2D eigenvalue weighted by Crippen LogP contribution is -2.27. The number of hydrogen-bond donors (Lipinski definition) is 1. The Morgan fingerprint density at radius 2 is 1.68 bits per heavy atom. The second-order valence-corrected chi connectivity index (χ2v) is 7.39. The molecule has 0 aliphatic carbocycles. The Morgan fingerprint density at radius 3 is 2.25 bits per heavy atom. The Balaban J connectivity index is 2.03. The number of ether oxygens (including phenoxy) is 1. The minimum atomic E-state index is -0.992. The third-order valence-corrected chi connectivity index (χ3v) is 3.99. The monoisotopic (exact) mass is 378 g/mol. The molecule has 2 aromatic carbocycles. The number of nitrogens with one attached hydrogen (secondary N) is 1. The van der Waals surface area contributed by atoms with E-state index in [4.69, 9.17) is 10.00 Å². The first-order valence-electron chi connectivity index (χ1n) is 8.78. The number of benzene rings is 2. The summed E-state index contributed by atoms with van der Waals surface area (Å²) >= 11 is 0. The summed E-state index contributed by atoms with van der Waals surface area (Å²) in [5, 5.41) is 11.7. The average Bonchev–Trinajstić information content (AvgIpc) is 2.67. The minimum Gasteiger partial charge on any atom is -0.451 e. The second-order valence-electron chi connectivity index (χ2n) is 7.39. The molecule has 2 rings (SSSR count). The van der Waals surface area contributed by atoms with E-state index in [0.717, 1.165) is 0 Å². The molecular weight excluding hydrogens is 356 g/mol. The fraction of sp³-hybridized carbons (Fsp3) is 0.273. The van der Waals surface area contributed by atoms with Gasteiger partial charge in [-0.25, -0.2) is 4.79 Å². The zero-order chi connectivity index (χ0) is 20.9. The van der Waals surface area contributed by atoms with Crippen molar-refractivity contribution >= 4 is 23.3 Å². The Kier molecular flexibility index (Phi) is 6.32. The maximum Gasteiger partial charge on any atom is 0.338 e. The van der Waals surface area contributed by atoms with Crippen LogP contribution in [0.3, 0.4) is 0 Å². The zero-order valence-electron chi connectivity index (χ0n) is 16.3. The van der Waals surface area contributed by atoms with Gasteiger partial charge in [0.25, 0.3) is 0 Å². The van der Waals surface area contributed by atoms with E-state index in [2.05, 4.69) is 5.32 Å². The van der Waals surface area contributed by atoms with Crippen molar-refractivity contribution in [3.63, 3.8) is 0 Å². The largest absolute Gasteiger partial charge is 0.451 e. The van der Waals surface area contributed by atoms with Gasteiger partial charge in [-0.15, -0.1) is 0 Å². The summed E-state index contributed by atoms with van der Waals surface area (Å²) in [6, 6.07) is 14.4. The number of carbonyl (C=O) groups is 3. The summed E-state index contributed by atoms with van der Waals surface area (Å²) in [5.74, 6) is -1.17. The summed E-state index contributed by atoms with van der Waals surface area (Å²) < 4.78 is 5.22. The molecule has 1 amide bonds. The van der Waals surface area contributed by atoms with Crippen LogP contribution in [0.4, 0.5) is 5.69 Å². The van der Waals surface area contributed by atoms with Gasteiger partial charge in [0.1, 0.15) is 0 Å². The number of nitrogens with zero attached hydrogens (tertiary/aromatic N) is 1. The number of ketones is 1. The predicted molar refractivity (Wildman–Crippen MR) is 105 cm³/mol. The molecule has 0 aromatic heterocycles. The summed E-state index contributed by atoms with van der Waals surface area (Å²) in [4.78, 5) is 36.7. The van der Waals surface area contributed by atoms with Gasteiger partial charge >= 0.3 is 5.97 Å². The average molecular weight is 378 g/mol. The third kappa shape index (κ3) is 5.27. The van der Waals surface area contributed by atoms with Crippen LogP contribution in [0.25, 0.3) is 0 Å². The van der Waals surface area contributed by atoms with E-state index in [9.17, 15) is 14.4 Å². The van der Waals surface area contributed by atoms with E-state index < -0.39 is 17.5 Å². The number of esters is 1. The number of carbonyl (C=O) groups excluding carboxylic acids is 3. The molecule has 28 heavy (non-hydrogen) atoms. The maximum atomic E-state index is 12.5. The Bertz CT molecular complexity index is 934. The Labute approximate surface area is 164 Å². The molecule has 0 bridgehead atoms. The fourth-order valence-corrected chi connectivity index (χ4v) is 2.27. The van der Waals surface area contributed by atoms with Crippen molar-refractivity contribution in [2.45, 2.75) is 33.8 Å². The van der Waals surface area contributed by atoms with Gasteiger partial charge < -0.3 is 10.1 Å². The number of rotatable bonds is 5. The second kappa shape index (κ2) is 8.49. The SMILES string of the molecule is C[C@H](OC(=O)c1cccc(C#N)c1)C(=O)c1ccc(NC(=O)C(C)(C)C)cc1.